The molecule has 7 nitrogen and oxygen atoms in total. The molecule has 1 aliphatic carbocycles. The first-order chi connectivity index (χ1) is 22.5. The van der Waals surface area contributed by atoms with Crippen molar-refractivity contribution in [1.82, 2.24) is 10.2 Å². The summed E-state index contributed by atoms with van der Waals surface area (Å²) in [7, 11) is -4.32. The normalized spacial score (nSPS) is 14.0. The van der Waals surface area contributed by atoms with E-state index in [9.17, 15) is 18.0 Å². The average Bonchev–Trinajstić information content (AvgIpc) is 3.57. The first kappa shape index (κ1) is 34.4. The van der Waals surface area contributed by atoms with E-state index >= 15 is 4.39 Å². The topological polar surface area (TPSA) is 86.8 Å². The highest BCUT2D eigenvalue weighted by atomic mass is 35.5. The number of hydrogen-bond donors (Lipinski definition) is 1. The third-order valence-electron chi connectivity index (χ3n) is 8.35. The molecule has 4 aromatic carbocycles. The molecule has 1 aliphatic rings. The van der Waals surface area contributed by atoms with E-state index in [0.29, 0.717) is 0 Å². The number of nitrogens with one attached hydrogen (secondary N) is 1. The number of aryl methyl sites for hydroxylation is 1. The van der Waals surface area contributed by atoms with Gasteiger partial charge in [-0.15, -0.1) is 0 Å². The van der Waals surface area contributed by atoms with Gasteiger partial charge in [-0.05, 0) is 61.7 Å². The molecule has 0 spiro atoms. The summed E-state index contributed by atoms with van der Waals surface area (Å²) in [6.45, 7) is 0.881. The minimum absolute atomic E-state index is 0.0394. The molecule has 1 N–H and O–H groups in total. The van der Waals surface area contributed by atoms with Gasteiger partial charge in [-0.2, -0.15) is 0 Å². The maximum atomic E-state index is 15.1. The Kier molecular flexibility index (Phi) is 11.2. The van der Waals surface area contributed by atoms with Gasteiger partial charge < -0.3 is 10.2 Å². The largest absolute Gasteiger partial charge is 0.352 e. The molecule has 0 radical (unpaired) electrons. The van der Waals surface area contributed by atoms with E-state index in [1.807, 2.05) is 37.3 Å². The summed E-state index contributed by atoms with van der Waals surface area (Å²) in [5.41, 5.74) is 1.94. The Hall–Kier alpha value is -3.92. The Morgan fingerprint density at radius 3 is 2.21 bits per heavy atom. The van der Waals surface area contributed by atoms with Gasteiger partial charge >= 0.3 is 0 Å². The maximum Gasteiger partial charge on any atom is 0.264 e. The molecule has 11 heteroatoms. The van der Waals surface area contributed by atoms with Crippen molar-refractivity contribution in [1.29, 1.82) is 0 Å². The number of sulfonamides is 1. The second kappa shape index (κ2) is 15.3. The van der Waals surface area contributed by atoms with Crippen molar-refractivity contribution in [3.05, 3.63) is 130 Å². The second-order valence-electron chi connectivity index (χ2n) is 11.7. The molecule has 0 saturated heterocycles. The van der Waals surface area contributed by atoms with Crippen molar-refractivity contribution in [2.75, 3.05) is 10.8 Å². The van der Waals surface area contributed by atoms with Gasteiger partial charge in [0.15, 0.2) is 0 Å². The summed E-state index contributed by atoms with van der Waals surface area (Å²) < 4.78 is 44.4. The lowest BCUT2D eigenvalue weighted by molar-refractivity contribution is -0.140. The van der Waals surface area contributed by atoms with Crippen molar-refractivity contribution >= 4 is 50.7 Å². The average molecular weight is 697 g/mol. The van der Waals surface area contributed by atoms with Gasteiger partial charge in [0.25, 0.3) is 10.0 Å². The minimum Gasteiger partial charge on any atom is -0.352 e. The number of carbonyl (C=O) groups excluding carboxylic acids is 2. The van der Waals surface area contributed by atoms with Crippen LogP contribution in [0.4, 0.5) is 10.1 Å². The van der Waals surface area contributed by atoms with Crippen LogP contribution >= 0.6 is 23.2 Å². The molecule has 5 rings (SSSR count). The van der Waals surface area contributed by atoms with Crippen LogP contribution in [0.15, 0.2) is 102 Å². The number of nitrogens with zero attached hydrogens (tertiary/aromatic N) is 2. The zero-order chi connectivity index (χ0) is 33.6. The number of halogens is 3. The molecule has 4 aromatic rings. The quantitative estimate of drug-likeness (QED) is 0.168. The molecule has 0 unspecified atom stereocenters. The van der Waals surface area contributed by atoms with E-state index in [1.54, 1.807) is 30.3 Å². The highest BCUT2D eigenvalue weighted by Gasteiger charge is 2.36. The maximum absolute atomic E-state index is 15.1. The van der Waals surface area contributed by atoms with Crippen LogP contribution in [0.25, 0.3) is 0 Å². The molecule has 2 amide bonds. The molecule has 246 valence electrons. The van der Waals surface area contributed by atoms with Gasteiger partial charge in [-0.1, -0.05) is 102 Å². The Bertz CT molecular complexity index is 1820. The van der Waals surface area contributed by atoms with Crippen molar-refractivity contribution in [3.8, 4) is 0 Å². The summed E-state index contributed by atoms with van der Waals surface area (Å²) in [5, 5.41) is 3.41. The number of rotatable bonds is 12. The van der Waals surface area contributed by atoms with Gasteiger partial charge in [0.1, 0.15) is 18.4 Å². The third kappa shape index (κ3) is 8.52. The fourth-order valence-corrected chi connectivity index (χ4v) is 7.44. The molecular formula is C36H36Cl2FN3O4S. The SMILES string of the molecule is Cc1ccc(S(=O)(=O)N(CC(=O)N(Cc2ccccc2F)[C@@H](Cc2ccccc2)C(=O)NC2CCCC2)c2ccc(Cl)c(Cl)c2)cc1. The summed E-state index contributed by atoms with van der Waals surface area (Å²) >= 11 is 12.5. The van der Waals surface area contributed by atoms with Crippen LogP contribution in [0.3, 0.4) is 0 Å². The first-order valence-corrected chi connectivity index (χ1v) is 17.6. The van der Waals surface area contributed by atoms with E-state index in [4.69, 9.17) is 23.2 Å². The van der Waals surface area contributed by atoms with Crippen LogP contribution in [-0.2, 0) is 32.6 Å². The van der Waals surface area contributed by atoms with Crippen LogP contribution in [-0.4, -0.2) is 43.8 Å². The van der Waals surface area contributed by atoms with Crippen LogP contribution in [0, 0.1) is 12.7 Å². The fourth-order valence-electron chi connectivity index (χ4n) is 5.74. The number of amides is 2. The molecule has 47 heavy (non-hydrogen) atoms. The summed E-state index contributed by atoms with van der Waals surface area (Å²) in [6, 6.07) is 24.7. The third-order valence-corrected chi connectivity index (χ3v) is 10.9. The van der Waals surface area contributed by atoms with Crippen LogP contribution in [0.2, 0.25) is 10.0 Å². The zero-order valence-corrected chi connectivity index (χ0v) is 28.2. The lowest BCUT2D eigenvalue weighted by Crippen LogP contribution is -2.54. The molecule has 1 saturated carbocycles. The summed E-state index contributed by atoms with van der Waals surface area (Å²) in [5.74, 6) is -1.63. The smallest absolute Gasteiger partial charge is 0.264 e. The van der Waals surface area contributed by atoms with Crippen molar-refractivity contribution in [2.45, 2.75) is 62.6 Å². The molecule has 1 fully saturated rings. The minimum atomic E-state index is -4.32. The van der Waals surface area contributed by atoms with Gasteiger partial charge in [0.05, 0.1) is 20.6 Å². The number of benzene rings is 4. The lowest BCUT2D eigenvalue weighted by Gasteiger charge is -2.34. The van der Waals surface area contributed by atoms with E-state index < -0.39 is 34.3 Å². The Morgan fingerprint density at radius 2 is 1.55 bits per heavy atom. The summed E-state index contributed by atoms with van der Waals surface area (Å²) in [6.07, 6.45) is 3.76. The molecule has 0 aliphatic heterocycles. The first-order valence-electron chi connectivity index (χ1n) is 15.4. The Balaban J connectivity index is 1.58. The zero-order valence-electron chi connectivity index (χ0n) is 25.9. The predicted octanol–water partition coefficient (Wildman–Crippen LogP) is 7.34. The molecule has 1 atom stereocenters. The molecule has 0 aromatic heterocycles. The van der Waals surface area contributed by atoms with E-state index in [-0.39, 0.29) is 51.1 Å². The standard InChI is InChI=1S/C36H36Cl2FN3O4S/c1-25-15-18-30(19-16-25)47(45,46)42(29-17-20-31(37)32(38)22-29)24-35(43)41(23-27-11-5-8-14-33(27)39)34(21-26-9-3-2-4-10-26)36(44)40-28-12-6-7-13-28/h2-5,8-11,14-20,22,28,34H,6-7,12-13,21,23-24H2,1H3,(H,40,44)/t34-/m0/s1. The van der Waals surface area contributed by atoms with E-state index in [0.717, 1.165) is 41.1 Å². The molecular weight excluding hydrogens is 660 g/mol. The van der Waals surface area contributed by atoms with Gasteiger partial charge in [-0.3, -0.25) is 13.9 Å². The fraction of sp³-hybridized carbons (Fsp3) is 0.278. The van der Waals surface area contributed by atoms with E-state index in [2.05, 4.69) is 5.32 Å². The summed E-state index contributed by atoms with van der Waals surface area (Å²) in [4.78, 5) is 29.9. The van der Waals surface area contributed by atoms with Gasteiger partial charge in [0, 0.05) is 24.6 Å². The Labute approximate surface area is 285 Å². The van der Waals surface area contributed by atoms with Crippen LogP contribution in [0.5, 0.6) is 0 Å². The predicted molar refractivity (Wildman–Crippen MR) is 183 cm³/mol. The van der Waals surface area contributed by atoms with Crippen molar-refractivity contribution in [2.24, 2.45) is 0 Å². The van der Waals surface area contributed by atoms with Crippen molar-refractivity contribution in [3.63, 3.8) is 0 Å². The molecule has 0 bridgehead atoms. The van der Waals surface area contributed by atoms with E-state index in [1.165, 1.54) is 41.3 Å². The number of carbonyl (C=O) groups is 2. The van der Waals surface area contributed by atoms with Crippen molar-refractivity contribution < 1.29 is 22.4 Å². The second-order valence-corrected chi connectivity index (χ2v) is 14.4. The monoisotopic (exact) mass is 695 g/mol. The molecule has 0 heterocycles. The van der Waals surface area contributed by atoms with Gasteiger partial charge in [-0.25, -0.2) is 12.8 Å². The van der Waals surface area contributed by atoms with Crippen LogP contribution < -0.4 is 9.62 Å². The number of hydrogen-bond acceptors (Lipinski definition) is 4. The lowest BCUT2D eigenvalue weighted by atomic mass is 10.0. The highest BCUT2D eigenvalue weighted by Crippen LogP contribution is 2.31. The number of anilines is 1. The van der Waals surface area contributed by atoms with Gasteiger partial charge in [0.2, 0.25) is 11.8 Å². The highest BCUT2D eigenvalue weighted by molar-refractivity contribution is 7.92. The Morgan fingerprint density at radius 1 is 0.894 bits per heavy atom. The van der Waals surface area contributed by atoms with Crippen LogP contribution in [0.1, 0.15) is 42.4 Å².